The van der Waals surface area contributed by atoms with Crippen molar-refractivity contribution in [2.75, 3.05) is 7.11 Å². The second kappa shape index (κ2) is 8.19. The lowest BCUT2D eigenvalue weighted by molar-refractivity contribution is 0.101. The van der Waals surface area contributed by atoms with Crippen molar-refractivity contribution in [1.82, 2.24) is 0 Å². The highest BCUT2D eigenvalue weighted by Crippen LogP contribution is 2.35. The van der Waals surface area contributed by atoms with Gasteiger partial charge < -0.3 is 14.2 Å². The Balaban J connectivity index is 1.49. The van der Waals surface area contributed by atoms with Gasteiger partial charge in [-0.25, -0.2) is 0 Å². The highest BCUT2D eigenvalue weighted by molar-refractivity contribution is 6.42. The number of carbonyl (C=O) groups excluding carboxylic acids is 1. The molecule has 0 saturated heterocycles. The second-order valence-corrected chi connectivity index (χ2v) is 7.22. The number of hydrogen-bond acceptors (Lipinski definition) is 4. The third-order valence-corrected chi connectivity index (χ3v) is 5.18. The van der Waals surface area contributed by atoms with E-state index in [-0.39, 0.29) is 11.5 Å². The van der Waals surface area contributed by atoms with Crippen LogP contribution in [0.1, 0.15) is 21.5 Å². The molecule has 0 N–H and O–H groups in total. The molecule has 0 spiro atoms. The summed E-state index contributed by atoms with van der Waals surface area (Å²) >= 11 is 12.0. The van der Waals surface area contributed by atoms with Gasteiger partial charge in [0.25, 0.3) is 0 Å². The molecule has 146 valence electrons. The van der Waals surface area contributed by atoms with Gasteiger partial charge in [0.1, 0.15) is 23.9 Å². The highest BCUT2D eigenvalue weighted by atomic mass is 35.5. The van der Waals surface area contributed by atoms with E-state index >= 15 is 0 Å². The molecule has 0 aliphatic carbocycles. The number of halogens is 2. The zero-order valence-corrected chi connectivity index (χ0v) is 17.0. The molecule has 0 unspecified atom stereocenters. The van der Waals surface area contributed by atoms with E-state index in [9.17, 15) is 4.79 Å². The average Bonchev–Trinajstić information content (AvgIpc) is 3.04. The minimum absolute atomic E-state index is 0.160. The van der Waals surface area contributed by atoms with Gasteiger partial charge in [0.05, 0.1) is 22.7 Å². The quantitative estimate of drug-likeness (QED) is 0.455. The molecule has 0 atom stereocenters. The number of carbonyl (C=O) groups is 1. The number of hydrogen-bond donors (Lipinski definition) is 0. The van der Waals surface area contributed by atoms with Crippen molar-refractivity contribution in [3.63, 3.8) is 0 Å². The van der Waals surface area contributed by atoms with Crippen molar-refractivity contribution in [1.29, 1.82) is 0 Å². The summed E-state index contributed by atoms with van der Waals surface area (Å²) in [5.41, 5.74) is 2.24. The van der Waals surface area contributed by atoms with Gasteiger partial charge in [-0.05, 0) is 53.6 Å². The Hall–Kier alpha value is -2.95. The lowest BCUT2D eigenvalue weighted by atomic mass is 10.1. The molecule has 4 rings (SSSR count). The fraction of sp³-hybridized carbons (Fsp3) is 0.0870. The van der Waals surface area contributed by atoms with Crippen molar-refractivity contribution in [3.8, 4) is 17.2 Å². The molecule has 0 saturated carbocycles. The first-order valence-corrected chi connectivity index (χ1v) is 9.58. The third kappa shape index (κ3) is 4.24. The number of Topliss-reactive ketones (excluding diaryl/α,β-unsaturated/α-hetero) is 1. The first kappa shape index (κ1) is 19.4. The van der Waals surface area contributed by atoms with Crippen LogP contribution in [0.25, 0.3) is 6.08 Å². The Labute approximate surface area is 178 Å². The molecule has 0 amide bonds. The van der Waals surface area contributed by atoms with Crippen LogP contribution in [0.4, 0.5) is 0 Å². The molecule has 0 bridgehead atoms. The minimum atomic E-state index is -0.160. The van der Waals surface area contributed by atoms with Crippen molar-refractivity contribution in [2.24, 2.45) is 0 Å². The number of ketones is 1. The lowest BCUT2D eigenvalue weighted by Gasteiger charge is -2.08. The Morgan fingerprint density at radius 1 is 0.931 bits per heavy atom. The van der Waals surface area contributed by atoms with E-state index in [0.29, 0.717) is 33.7 Å². The number of rotatable bonds is 5. The van der Waals surface area contributed by atoms with E-state index in [0.717, 1.165) is 16.9 Å². The van der Waals surface area contributed by atoms with Gasteiger partial charge in [-0.2, -0.15) is 0 Å². The van der Waals surface area contributed by atoms with E-state index in [1.54, 1.807) is 43.5 Å². The minimum Gasteiger partial charge on any atom is -0.497 e. The molecule has 0 aromatic heterocycles. The van der Waals surface area contributed by atoms with Crippen LogP contribution in [0.5, 0.6) is 17.2 Å². The van der Waals surface area contributed by atoms with E-state index in [1.165, 1.54) is 0 Å². The van der Waals surface area contributed by atoms with E-state index in [4.69, 9.17) is 37.4 Å². The summed E-state index contributed by atoms with van der Waals surface area (Å²) in [6.07, 6.45) is 1.71. The zero-order valence-electron chi connectivity index (χ0n) is 15.4. The maximum absolute atomic E-state index is 12.6. The van der Waals surface area contributed by atoms with Crippen LogP contribution in [-0.4, -0.2) is 12.9 Å². The number of benzene rings is 3. The zero-order chi connectivity index (χ0) is 20.4. The van der Waals surface area contributed by atoms with Crippen molar-refractivity contribution < 1.29 is 19.0 Å². The van der Waals surface area contributed by atoms with Gasteiger partial charge in [-0.1, -0.05) is 41.4 Å². The fourth-order valence-electron chi connectivity index (χ4n) is 2.90. The fourth-order valence-corrected chi connectivity index (χ4v) is 3.23. The molecule has 1 aliphatic rings. The topological polar surface area (TPSA) is 44.8 Å². The molecule has 4 nitrogen and oxygen atoms in total. The number of ether oxygens (including phenoxy) is 3. The van der Waals surface area contributed by atoms with Gasteiger partial charge in [0, 0.05) is 6.07 Å². The molecule has 3 aromatic rings. The van der Waals surface area contributed by atoms with Crippen LogP contribution in [0, 0.1) is 0 Å². The third-order valence-electron chi connectivity index (χ3n) is 4.44. The molecular weight excluding hydrogens is 411 g/mol. The van der Waals surface area contributed by atoms with Crippen LogP contribution in [-0.2, 0) is 6.61 Å². The normalized spacial score (nSPS) is 13.9. The van der Waals surface area contributed by atoms with Gasteiger partial charge >= 0.3 is 0 Å². The molecule has 1 heterocycles. The summed E-state index contributed by atoms with van der Waals surface area (Å²) in [4.78, 5) is 12.6. The van der Waals surface area contributed by atoms with Crippen LogP contribution in [0.3, 0.4) is 0 Å². The van der Waals surface area contributed by atoms with Gasteiger partial charge in [-0.15, -0.1) is 0 Å². The second-order valence-electron chi connectivity index (χ2n) is 6.41. The summed E-state index contributed by atoms with van der Waals surface area (Å²) in [5, 5.41) is 0.972. The Morgan fingerprint density at radius 2 is 1.69 bits per heavy atom. The molecule has 3 aromatic carbocycles. The van der Waals surface area contributed by atoms with E-state index < -0.39 is 0 Å². The van der Waals surface area contributed by atoms with E-state index in [1.807, 2.05) is 30.3 Å². The maximum Gasteiger partial charge on any atom is 0.231 e. The van der Waals surface area contributed by atoms with E-state index in [2.05, 4.69) is 0 Å². The summed E-state index contributed by atoms with van der Waals surface area (Å²) in [7, 11) is 1.61. The number of allylic oxidation sites excluding steroid dienone is 1. The molecule has 6 heteroatoms. The van der Waals surface area contributed by atoms with Gasteiger partial charge in [-0.3, -0.25) is 4.79 Å². The van der Waals surface area contributed by atoms with Crippen LogP contribution >= 0.6 is 23.2 Å². The van der Waals surface area contributed by atoms with Gasteiger partial charge in [0.2, 0.25) is 5.78 Å². The highest BCUT2D eigenvalue weighted by Gasteiger charge is 2.27. The molecular formula is C23H16Cl2O4. The lowest BCUT2D eigenvalue weighted by Crippen LogP contribution is -1.98. The van der Waals surface area contributed by atoms with Crippen LogP contribution in [0.15, 0.2) is 66.4 Å². The first-order valence-electron chi connectivity index (χ1n) is 8.82. The standard InChI is InChI=1S/C23H16Cl2O4/c1-27-16-5-2-14(3-6-16)11-22-23(26)18-8-7-17(12-21(18)29-22)28-13-15-4-9-19(24)20(25)10-15/h2-12H,13H2,1H3/b22-11-. The summed E-state index contributed by atoms with van der Waals surface area (Å²) in [6.45, 7) is 0.318. The van der Waals surface area contributed by atoms with Gasteiger partial charge in [0.15, 0.2) is 5.76 Å². The Kier molecular flexibility index (Phi) is 5.47. The SMILES string of the molecule is COc1ccc(/C=C2\Oc3cc(OCc4ccc(Cl)c(Cl)c4)ccc3C2=O)cc1. The largest absolute Gasteiger partial charge is 0.497 e. The van der Waals surface area contributed by atoms with Crippen molar-refractivity contribution in [2.45, 2.75) is 6.61 Å². The Morgan fingerprint density at radius 3 is 2.41 bits per heavy atom. The molecule has 0 radical (unpaired) electrons. The predicted molar refractivity (Wildman–Crippen MR) is 113 cm³/mol. The predicted octanol–water partition coefficient (Wildman–Crippen LogP) is 6.20. The number of methoxy groups -OCH3 is 1. The maximum atomic E-state index is 12.6. The van der Waals surface area contributed by atoms with Crippen LogP contribution < -0.4 is 14.2 Å². The monoisotopic (exact) mass is 426 g/mol. The molecule has 29 heavy (non-hydrogen) atoms. The molecule has 1 aliphatic heterocycles. The smallest absolute Gasteiger partial charge is 0.231 e. The number of fused-ring (bicyclic) bond motifs is 1. The van der Waals surface area contributed by atoms with Crippen molar-refractivity contribution >= 4 is 35.1 Å². The average molecular weight is 427 g/mol. The summed E-state index contributed by atoms with van der Waals surface area (Å²) in [6, 6.07) is 17.9. The molecule has 0 fully saturated rings. The first-order chi connectivity index (χ1) is 14.0. The Bertz CT molecular complexity index is 1100. The van der Waals surface area contributed by atoms with Crippen LogP contribution in [0.2, 0.25) is 10.0 Å². The summed E-state index contributed by atoms with van der Waals surface area (Å²) in [5.74, 6) is 1.92. The van der Waals surface area contributed by atoms with Crippen molar-refractivity contribution in [3.05, 3.63) is 93.2 Å². The summed E-state index contributed by atoms with van der Waals surface area (Å²) < 4.78 is 16.7.